The third kappa shape index (κ3) is 4.54. The van der Waals surface area contributed by atoms with Gasteiger partial charge in [0.05, 0.1) is 30.7 Å². The van der Waals surface area contributed by atoms with Crippen LogP contribution in [0, 0.1) is 6.92 Å². The number of nitrogens with one attached hydrogen (secondary N) is 1. The Morgan fingerprint density at radius 3 is 2.63 bits per heavy atom. The summed E-state index contributed by atoms with van der Waals surface area (Å²) in [4.78, 5) is 23.8. The lowest BCUT2D eigenvalue weighted by Gasteiger charge is -2.27. The maximum atomic E-state index is 13.6. The number of nitrogens with zero attached hydrogens (tertiary/aromatic N) is 5. The van der Waals surface area contributed by atoms with Gasteiger partial charge in [0.2, 0.25) is 0 Å². The highest BCUT2D eigenvalue weighted by Crippen LogP contribution is 2.36. The number of hydrogen-bond donors (Lipinski definition) is 1. The minimum Gasteiger partial charge on any atom is -0.378 e. The van der Waals surface area contributed by atoms with Gasteiger partial charge in [-0.1, -0.05) is 24.3 Å². The number of aryl methyl sites for hydroxylation is 1. The molecule has 1 aromatic carbocycles. The summed E-state index contributed by atoms with van der Waals surface area (Å²) in [6.45, 7) is 4.26. The number of rotatable bonds is 4. The number of carbonyl (C=O) groups is 1. The Kier molecular flexibility index (Phi) is 5.85. The van der Waals surface area contributed by atoms with E-state index in [1.54, 1.807) is 25.1 Å². The number of halogens is 3. The van der Waals surface area contributed by atoms with Crippen molar-refractivity contribution in [2.24, 2.45) is 0 Å². The average Bonchev–Trinajstić information content (AvgIpc) is 3.27. The molecule has 3 aromatic heterocycles. The number of carbonyl (C=O) groups excluding carboxylic acids is 1. The van der Waals surface area contributed by atoms with Gasteiger partial charge in [0.25, 0.3) is 5.91 Å². The monoisotopic (exact) mass is 482 g/mol. The highest BCUT2D eigenvalue weighted by Gasteiger charge is 2.34. The van der Waals surface area contributed by atoms with E-state index < -0.39 is 17.6 Å². The predicted molar refractivity (Wildman–Crippen MR) is 123 cm³/mol. The third-order valence-electron chi connectivity index (χ3n) is 5.70. The van der Waals surface area contributed by atoms with Crippen molar-refractivity contribution in [1.82, 2.24) is 19.6 Å². The number of alkyl halides is 3. The number of amides is 1. The lowest BCUT2D eigenvalue weighted by Crippen LogP contribution is -2.37. The molecule has 35 heavy (non-hydrogen) atoms. The molecule has 1 saturated heterocycles. The van der Waals surface area contributed by atoms with E-state index in [0.29, 0.717) is 43.3 Å². The van der Waals surface area contributed by atoms with Crippen molar-refractivity contribution in [3.63, 3.8) is 0 Å². The summed E-state index contributed by atoms with van der Waals surface area (Å²) in [7, 11) is 0. The molecule has 0 atom stereocenters. The zero-order valence-electron chi connectivity index (χ0n) is 18.7. The van der Waals surface area contributed by atoms with E-state index in [2.05, 4.69) is 20.4 Å². The largest absolute Gasteiger partial charge is 0.417 e. The van der Waals surface area contributed by atoms with E-state index in [1.165, 1.54) is 28.9 Å². The van der Waals surface area contributed by atoms with E-state index in [-0.39, 0.29) is 22.8 Å². The molecule has 1 aliphatic rings. The van der Waals surface area contributed by atoms with Gasteiger partial charge in [0.15, 0.2) is 11.5 Å². The quantitative estimate of drug-likeness (QED) is 0.469. The maximum absolute atomic E-state index is 13.6. The SMILES string of the molecule is Cc1cc(-c2ccccc2C(F)(F)F)nn2c(NC(=O)c3cccc(N4CCOCC4)n3)cnc12. The zero-order chi connectivity index (χ0) is 24.6. The Labute approximate surface area is 198 Å². The fraction of sp³-hybridized carbons (Fsp3) is 0.250. The van der Waals surface area contributed by atoms with Crippen LogP contribution in [0.3, 0.4) is 0 Å². The van der Waals surface area contributed by atoms with Crippen molar-refractivity contribution in [2.75, 3.05) is 36.5 Å². The van der Waals surface area contributed by atoms with Gasteiger partial charge in [-0.15, -0.1) is 0 Å². The normalized spacial score (nSPS) is 14.3. The fourth-order valence-corrected chi connectivity index (χ4v) is 3.99. The summed E-state index contributed by atoms with van der Waals surface area (Å²) >= 11 is 0. The van der Waals surface area contributed by atoms with Crippen molar-refractivity contribution in [1.29, 1.82) is 0 Å². The molecule has 0 radical (unpaired) electrons. The van der Waals surface area contributed by atoms with E-state index in [1.807, 2.05) is 11.0 Å². The molecule has 0 saturated carbocycles. The number of ether oxygens (including phenoxy) is 1. The molecule has 0 aliphatic carbocycles. The van der Waals surface area contributed by atoms with Gasteiger partial charge in [-0.25, -0.2) is 9.97 Å². The average molecular weight is 482 g/mol. The number of benzene rings is 1. The van der Waals surface area contributed by atoms with Gasteiger partial charge in [-0.3, -0.25) is 4.79 Å². The highest BCUT2D eigenvalue weighted by atomic mass is 19.4. The van der Waals surface area contributed by atoms with Crippen LogP contribution in [0.25, 0.3) is 16.9 Å². The molecule has 5 rings (SSSR count). The number of morpholine rings is 1. The minimum atomic E-state index is -4.54. The number of hydrogen-bond acceptors (Lipinski definition) is 6. The lowest BCUT2D eigenvalue weighted by molar-refractivity contribution is -0.137. The number of anilines is 2. The summed E-state index contributed by atoms with van der Waals surface area (Å²) in [5, 5.41) is 7.11. The fourth-order valence-electron chi connectivity index (χ4n) is 3.99. The van der Waals surface area contributed by atoms with Crippen molar-refractivity contribution in [3.8, 4) is 11.3 Å². The molecule has 4 aromatic rings. The van der Waals surface area contributed by atoms with Crippen molar-refractivity contribution in [2.45, 2.75) is 13.1 Å². The number of aromatic nitrogens is 4. The summed E-state index contributed by atoms with van der Waals surface area (Å²) in [5.74, 6) is 0.402. The smallest absolute Gasteiger partial charge is 0.378 e. The Morgan fingerprint density at radius 1 is 1.09 bits per heavy atom. The van der Waals surface area contributed by atoms with Gasteiger partial charge in [-0.2, -0.15) is 22.8 Å². The van der Waals surface area contributed by atoms with E-state index >= 15 is 0 Å². The van der Waals surface area contributed by atoms with Crippen LogP contribution in [0.15, 0.2) is 54.7 Å². The van der Waals surface area contributed by atoms with Crippen LogP contribution >= 0.6 is 0 Å². The minimum absolute atomic E-state index is 0.0594. The molecule has 1 N–H and O–H groups in total. The lowest BCUT2D eigenvalue weighted by atomic mass is 10.0. The zero-order valence-corrected chi connectivity index (χ0v) is 18.7. The van der Waals surface area contributed by atoms with Gasteiger partial charge < -0.3 is 15.0 Å². The van der Waals surface area contributed by atoms with Crippen LogP contribution in [-0.2, 0) is 10.9 Å². The topological polar surface area (TPSA) is 84.7 Å². The highest BCUT2D eigenvalue weighted by molar-refractivity contribution is 6.02. The first-order valence-corrected chi connectivity index (χ1v) is 10.9. The second-order valence-electron chi connectivity index (χ2n) is 8.07. The van der Waals surface area contributed by atoms with Crippen LogP contribution in [0.2, 0.25) is 0 Å². The molecule has 1 fully saturated rings. The molecular weight excluding hydrogens is 461 g/mol. The molecule has 180 valence electrons. The first-order chi connectivity index (χ1) is 16.8. The van der Waals surface area contributed by atoms with E-state index in [4.69, 9.17) is 4.74 Å². The Balaban J connectivity index is 1.48. The second-order valence-corrected chi connectivity index (χ2v) is 8.07. The van der Waals surface area contributed by atoms with Crippen LogP contribution < -0.4 is 10.2 Å². The van der Waals surface area contributed by atoms with Crippen molar-refractivity contribution >= 4 is 23.2 Å². The van der Waals surface area contributed by atoms with E-state index in [9.17, 15) is 18.0 Å². The van der Waals surface area contributed by atoms with Crippen LogP contribution in [0.5, 0.6) is 0 Å². The number of pyridine rings is 1. The van der Waals surface area contributed by atoms with Gasteiger partial charge >= 0.3 is 6.18 Å². The molecule has 1 aliphatic heterocycles. The summed E-state index contributed by atoms with van der Waals surface area (Å²) < 4.78 is 47.4. The standard InChI is InChI=1S/C24H21F3N6O2/c1-15-13-19(16-5-2-3-6-17(16)24(25,26)27)31-33-21(14-28-22(15)33)30-23(34)18-7-4-8-20(29-18)32-9-11-35-12-10-32/h2-8,13-14H,9-12H2,1H3,(H,30,34). The second kappa shape index (κ2) is 8.99. The summed E-state index contributed by atoms with van der Waals surface area (Å²) in [6.07, 6.45) is -3.12. The Morgan fingerprint density at radius 2 is 1.86 bits per heavy atom. The van der Waals surface area contributed by atoms with Gasteiger partial charge in [0, 0.05) is 18.7 Å². The molecule has 1 amide bonds. The van der Waals surface area contributed by atoms with Crippen LogP contribution in [-0.4, -0.2) is 51.8 Å². The molecule has 0 spiro atoms. The summed E-state index contributed by atoms with van der Waals surface area (Å²) in [6, 6.07) is 11.9. The molecule has 0 bridgehead atoms. The maximum Gasteiger partial charge on any atom is 0.417 e. The third-order valence-corrected chi connectivity index (χ3v) is 5.70. The molecule has 8 nitrogen and oxygen atoms in total. The number of imidazole rings is 1. The molecular formula is C24H21F3N6O2. The summed E-state index contributed by atoms with van der Waals surface area (Å²) in [5.41, 5.74) is 0.489. The predicted octanol–water partition coefficient (Wildman–Crippen LogP) is 4.21. The van der Waals surface area contributed by atoms with Crippen molar-refractivity contribution in [3.05, 3.63) is 71.5 Å². The Bertz CT molecular complexity index is 1400. The number of fused-ring (bicyclic) bond motifs is 1. The first-order valence-electron chi connectivity index (χ1n) is 10.9. The van der Waals surface area contributed by atoms with Gasteiger partial charge in [0.1, 0.15) is 11.5 Å². The van der Waals surface area contributed by atoms with Crippen molar-refractivity contribution < 1.29 is 22.7 Å². The van der Waals surface area contributed by atoms with Crippen LogP contribution in [0.1, 0.15) is 21.6 Å². The first kappa shape index (κ1) is 22.8. The Hall–Kier alpha value is -3.99. The molecule has 11 heteroatoms. The van der Waals surface area contributed by atoms with Gasteiger partial charge in [-0.05, 0) is 36.8 Å². The van der Waals surface area contributed by atoms with Crippen LogP contribution in [0.4, 0.5) is 24.8 Å². The molecule has 0 unspecified atom stereocenters. The van der Waals surface area contributed by atoms with E-state index in [0.717, 1.165) is 6.07 Å². The molecule has 4 heterocycles.